The topological polar surface area (TPSA) is 56.5 Å². The number of methoxy groups -OCH3 is 1. The summed E-state index contributed by atoms with van der Waals surface area (Å²) in [5.74, 6) is -0.447. The van der Waals surface area contributed by atoms with E-state index in [1.54, 1.807) is 28.9 Å². The third-order valence-corrected chi connectivity index (χ3v) is 3.13. The zero-order chi connectivity index (χ0) is 15.0. The second-order valence-corrected chi connectivity index (χ2v) is 4.65. The van der Waals surface area contributed by atoms with Crippen LogP contribution in [0.2, 0.25) is 0 Å². The summed E-state index contributed by atoms with van der Waals surface area (Å²) < 4.78 is 20.1. The number of halogens is 1. The molecule has 0 saturated heterocycles. The molecule has 2 aromatic heterocycles. The lowest BCUT2D eigenvalue weighted by atomic mass is 10.1. The largest absolute Gasteiger partial charge is 0.465 e. The number of rotatable bonds is 2. The van der Waals surface area contributed by atoms with E-state index in [2.05, 4.69) is 14.7 Å². The fourth-order valence-electron chi connectivity index (χ4n) is 2.07. The van der Waals surface area contributed by atoms with Gasteiger partial charge in [0.05, 0.1) is 18.4 Å². The molecule has 1 aromatic carbocycles. The maximum atomic E-state index is 13.9. The first-order chi connectivity index (χ1) is 10.1. The molecule has 0 aliphatic heterocycles. The Labute approximate surface area is 120 Å². The molecule has 0 atom stereocenters. The summed E-state index contributed by atoms with van der Waals surface area (Å²) in [6, 6.07) is 4.82. The smallest absolute Gasteiger partial charge is 0.340 e. The quantitative estimate of drug-likeness (QED) is 0.679. The number of nitrogens with zero attached hydrogens (tertiary/aromatic N) is 3. The summed E-state index contributed by atoms with van der Waals surface area (Å²) in [5.41, 5.74) is 2.11. The minimum Gasteiger partial charge on any atom is -0.465 e. The maximum absolute atomic E-state index is 13.9. The van der Waals surface area contributed by atoms with E-state index in [1.807, 2.05) is 6.92 Å². The summed E-state index contributed by atoms with van der Waals surface area (Å²) in [4.78, 5) is 19.8. The van der Waals surface area contributed by atoms with Crippen molar-refractivity contribution in [1.82, 2.24) is 14.4 Å². The van der Waals surface area contributed by atoms with Gasteiger partial charge in [-0.05, 0) is 19.1 Å². The lowest BCUT2D eigenvalue weighted by Gasteiger charge is -2.00. The van der Waals surface area contributed by atoms with Crippen LogP contribution in [0.4, 0.5) is 4.39 Å². The third-order valence-electron chi connectivity index (χ3n) is 3.13. The number of fused-ring (bicyclic) bond motifs is 1. The number of imidazole rings is 1. The number of hydrogen-bond acceptors (Lipinski definition) is 4. The molecule has 0 radical (unpaired) electrons. The Hall–Kier alpha value is -2.76. The van der Waals surface area contributed by atoms with E-state index >= 15 is 0 Å². The van der Waals surface area contributed by atoms with Crippen LogP contribution < -0.4 is 0 Å². The van der Waals surface area contributed by atoms with Crippen molar-refractivity contribution in [2.24, 2.45) is 0 Å². The van der Waals surface area contributed by atoms with Crippen LogP contribution in [-0.4, -0.2) is 27.4 Å². The van der Waals surface area contributed by atoms with E-state index in [-0.39, 0.29) is 5.82 Å². The van der Waals surface area contributed by atoms with Crippen molar-refractivity contribution in [3.8, 4) is 11.3 Å². The van der Waals surface area contributed by atoms with E-state index in [9.17, 15) is 9.18 Å². The van der Waals surface area contributed by atoms with Crippen LogP contribution in [0.15, 0.2) is 36.8 Å². The number of aromatic nitrogens is 3. The summed E-state index contributed by atoms with van der Waals surface area (Å²) in [6.07, 6.45) is 4.57. The van der Waals surface area contributed by atoms with Crippen LogP contribution >= 0.6 is 0 Å². The Morgan fingerprint density at radius 2 is 2.14 bits per heavy atom. The number of aryl methyl sites for hydroxylation is 1. The van der Waals surface area contributed by atoms with Crippen molar-refractivity contribution in [3.63, 3.8) is 0 Å². The number of carbonyl (C=O) groups excluding carboxylic acids is 1. The molecule has 3 aromatic rings. The van der Waals surface area contributed by atoms with Crippen LogP contribution in [0.1, 0.15) is 15.9 Å². The molecule has 106 valence electrons. The van der Waals surface area contributed by atoms with Crippen molar-refractivity contribution in [3.05, 3.63) is 53.7 Å². The Morgan fingerprint density at radius 1 is 1.33 bits per heavy atom. The molecule has 0 fully saturated rings. The average molecular weight is 285 g/mol. The predicted octanol–water partition coefficient (Wildman–Crippen LogP) is 2.63. The van der Waals surface area contributed by atoms with Gasteiger partial charge in [0.15, 0.2) is 0 Å². The first-order valence-corrected chi connectivity index (χ1v) is 6.28. The number of benzene rings is 1. The van der Waals surface area contributed by atoms with Gasteiger partial charge in [-0.2, -0.15) is 0 Å². The summed E-state index contributed by atoms with van der Waals surface area (Å²) in [6.45, 7) is 1.88. The molecular weight excluding hydrogens is 273 g/mol. The van der Waals surface area contributed by atoms with Crippen LogP contribution in [0.5, 0.6) is 0 Å². The van der Waals surface area contributed by atoms with Crippen molar-refractivity contribution < 1.29 is 13.9 Å². The molecule has 2 heterocycles. The van der Waals surface area contributed by atoms with Gasteiger partial charge in [-0.15, -0.1) is 0 Å². The molecule has 21 heavy (non-hydrogen) atoms. The molecule has 0 saturated carbocycles. The minimum absolute atomic E-state index is 0.304. The molecule has 3 rings (SSSR count). The molecule has 0 bridgehead atoms. The third kappa shape index (κ3) is 2.35. The lowest BCUT2D eigenvalue weighted by Crippen LogP contribution is -2.03. The first-order valence-electron chi connectivity index (χ1n) is 6.28. The van der Waals surface area contributed by atoms with E-state index in [0.29, 0.717) is 22.6 Å². The van der Waals surface area contributed by atoms with Gasteiger partial charge in [0.2, 0.25) is 5.78 Å². The summed E-state index contributed by atoms with van der Waals surface area (Å²) >= 11 is 0. The Morgan fingerprint density at radius 3 is 2.90 bits per heavy atom. The molecule has 0 amide bonds. The number of ether oxygens (including phenoxy) is 1. The normalized spacial score (nSPS) is 10.8. The summed E-state index contributed by atoms with van der Waals surface area (Å²) in [5, 5.41) is 0. The SMILES string of the molecule is COC(=O)c1cnc2nc(-c3cc(C)ccc3F)cn2c1. The molecule has 0 N–H and O–H groups in total. The predicted molar refractivity (Wildman–Crippen MR) is 74.5 cm³/mol. The Bertz CT molecular complexity index is 842. The van der Waals surface area contributed by atoms with Gasteiger partial charge >= 0.3 is 5.97 Å². The fourth-order valence-corrected chi connectivity index (χ4v) is 2.07. The summed E-state index contributed by atoms with van der Waals surface area (Å²) in [7, 11) is 1.30. The molecular formula is C15H12FN3O2. The Balaban J connectivity index is 2.13. The Kier molecular flexibility index (Phi) is 3.13. The van der Waals surface area contributed by atoms with Crippen molar-refractivity contribution in [2.75, 3.05) is 7.11 Å². The molecule has 6 heteroatoms. The monoisotopic (exact) mass is 285 g/mol. The van der Waals surface area contributed by atoms with Gasteiger partial charge in [-0.25, -0.2) is 19.2 Å². The molecule has 0 aliphatic carbocycles. The standard InChI is InChI=1S/C15H12FN3O2/c1-9-3-4-12(16)11(5-9)13-8-19-7-10(14(20)21-2)6-17-15(19)18-13/h3-8H,1-2H3. The second-order valence-electron chi connectivity index (χ2n) is 4.65. The van der Waals surface area contributed by atoms with Gasteiger partial charge in [-0.3, -0.25) is 4.40 Å². The van der Waals surface area contributed by atoms with Crippen LogP contribution in [0, 0.1) is 12.7 Å². The van der Waals surface area contributed by atoms with Crippen LogP contribution in [0.3, 0.4) is 0 Å². The van der Waals surface area contributed by atoms with Gasteiger partial charge in [0.1, 0.15) is 5.82 Å². The highest BCUT2D eigenvalue weighted by Gasteiger charge is 2.12. The molecule has 0 aliphatic rings. The van der Waals surface area contributed by atoms with Gasteiger partial charge in [0, 0.05) is 24.2 Å². The zero-order valence-electron chi connectivity index (χ0n) is 11.5. The first kappa shape index (κ1) is 13.2. The van der Waals surface area contributed by atoms with E-state index in [1.165, 1.54) is 19.4 Å². The average Bonchev–Trinajstić information content (AvgIpc) is 2.91. The van der Waals surface area contributed by atoms with Crippen molar-refractivity contribution >= 4 is 11.7 Å². The van der Waals surface area contributed by atoms with E-state index in [4.69, 9.17) is 0 Å². The number of carbonyl (C=O) groups is 1. The molecule has 5 nitrogen and oxygen atoms in total. The van der Waals surface area contributed by atoms with Crippen molar-refractivity contribution in [1.29, 1.82) is 0 Å². The highest BCUT2D eigenvalue weighted by Crippen LogP contribution is 2.23. The van der Waals surface area contributed by atoms with Gasteiger partial charge < -0.3 is 4.74 Å². The zero-order valence-corrected chi connectivity index (χ0v) is 11.5. The molecule has 0 spiro atoms. The van der Waals surface area contributed by atoms with Gasteiger partial charge in [0.25, 0.3) is 0 Å². The lowest BCUT2D eigenvalue weighted by molar-refractivity contribution is 0.0599. The number of hydrogen-bond donors (Lipinski definition) is 0. The number of esters is 1. The molecule has 0 unspecified atom stereocenters. The van der Waals surface area contributed by atoms with E-state index in [0.717, 1.165) is 5.56 Å². The van der Waals surface area contributed by atoms with Gasteiger partial charge in [-0.1, -0.05) is 11.6 Å². The highest BCUT2D eigenvalue weighted by atomic mass is 19.1. The van der Waals surface area contributed by atoms with Crippen LogP contribution in [-0.2, 0) is 4.74 Å². The minimum atomic E-state index is -0.485. The van der Waals surface area contributed by atoms with Crippen LogP contribution in [0.25, 0.3) is 17.0 Å². The van der Waals surface area contributed by atoms with E-state index < -0.39 is 5.97 Å². The highest BCUT2D eigenvalue weighted by molar-refractivity contribution is 5.88. The maximum Gasteiger partial charge on any atom is 0.340 e. The second kappa shape index (κ2) is 4.97. The van der Waals surface area contributed by atoms with Crippen molar-refractivity contribution in [2.45, 2.75) is 6.92 Å². The fraction of sp³-hybridized carbons (Fsp3) is 0.133.